The smallest absolute Gasteiger partial charge is 0.122 e. The van der Waals surface area contributed by atoms with Gasteiger partial charge in [0.05, 0.1) is 0 Å². The molecule has 1 aromatic carbocycles. The molecule has 3 heteroatoms. The molecule has 6 rings (SSSR count). The third-order valence-electron chi connectivity index (χ3n) is 7.50. The van der Waals surface area contributed by atoms with Crippen LogP contribution in [0, 0.1) is 23.2 Å². The Morgan fingerprint density at radius 1 is 1.04 bits per heavy atom. The molecular formula is C24H31NOS. The lowest BCUT2D eigenvalue weighted by Gasteiger charge is -2.59. The first-order valence-electron chi connectivity index (χ1n) is 10.7. The van der Waals surface area contributed by atoms with E-state index in [2.05, 4.69) is 54.0 Å². The van der Waals surface area contributed by atoms with Crippen LogP contribution in [-0.4, -0.2) is 6.04 Å². The Balaban J connectivity index is 1.15. The van der Waals surface area contributed by atoms with Crippen molar-refractivity contribution in [2.24, 2.45) is 23.2 Å². The summed E-state index contributed by atoms with van der Waals surface area (Å²) >= 11 is 1.74. The van der Waals surface area contributed by atoms with Crippen molar-refractivity contribution in [3.8, 4) is 5.75 Å². The zero-order chi connectivity index (χ0) is 18.3. The topological polar surface area (TPSA) is 21.3 Å². The summed E-state index contributed by atoms with van der Waals surface area (Å²) < 4.78 is 5.89. The Hall–Kier alpha value is -1.32. The highest BCUT2D eigenvalue weighted by atomic mass is 32.1. The quantitative estimate of drug-likeness (QED) is 0.633. The molecule has 0 saturated heterocycles. The minimum absolute atomic E-state index is 0.582. The van der Waals surface area contributed by atoms with Gasteiger partial charge in [-0.1, -0.05) is 18.2 Å². The van der Waals surface area contributed by atoms with Gasteiger partial charge in [0.25, 0.3) is 0 Å². The van der Waals surface area contributed by atoms with Crippen molar-refractivity contribution in [2.45, 2.75) is 64.6 Å². The van der Waals surface area contributed by atoms with Crippen molar-refractivity contribution in [1.82, 2.24) is 5.32 Å². The number of thiophene rings is 1. The van der Waals surface area contributed by atoms with E-state index in [4.69, 9.17) is 4.74 Å². The average Bonchev–Trinajstić information content (AvgIpc) is 3.18. The predicted octanol–water partition coefficient (Wildman–Crippen LogP) is 6.02. The van der Waals surface area contributed by atoms with Crippen LogP contribution in [0.3, 0.4) is 0 Å². The van der Waals surface area contributed by atoms with E-state index in [-0.39, 0.29) is 0 Å². The van der Waals surface area contributed by atoms with Crippen LogP contribution in [0.15, 0.2) is 41.8 Å². The normalized spacial score (nSPS) is 32.6. The molecule has 0 aliphatic heterocycles. The summed E-state index contributed by atoms with van der Waals surface area (Å²) in [4.78, 5) is 1.27. The van der Waals surface area contributed by atoms with Gasteiger partial charge in [-0.2, -0.15) is 0 Å². The highest BCUT2D eigenvalue weighted by Gasteiger charge is 2.52. The van der Waals surface area contributed by atoms with E-state index in [1.807, 2.05) is 0 Å². The highest BCUT2D eigenvalue weighted by Crippen LogP contribution is 2.61. The van der Waals surface area contributed by atoms with E-state index >= 15 is 0 Å². The van der Waals surface area contributed by atoms with Crippen molar-refractivity contribution >= 4 is 11.3 Å². The standard InChI is InChI=1S/C24H31NOS/c1-17(24-12-19-9-20(13-24)11-21(10-19)14-24)25-15-18-4-6-22(7-5-18)26-16-23-3-2-8-27-23/h2-8,17,19-21,25H,9-16H2,1H3. The van der Waals surface area contributed by atoms with Gasteiger partial charge in [-0.15, -0.1) is 11.3 Å². The zero-order valence-corrected chi connectivity index (χ0v) is 17.1. The molecule has 4 saturated carbocycles. The second-order valence-electron chi connectivity index (χ2n) is 9.39. The molecule has 1 heterocycles. The maximum Gasteiger partial charge on any atom is 0.122 e. The van der Waals surface area contributed by atoms with Crippen molar-refractivity contribution in [1.29, 1.82) is 0 Å². The number of ether oxygens (including phenoxy) is 1. The SMILES string of the molecule is CC(NCc1ccc(OCc2cccs2)cc1)C12CC3CC(CC(C3)C1)C2. The molecule has 0 amide bonds. The molecule has 2 aromatic rings. The Morgan fingerprint density at radius 2 is 1.70 bits per heavy atom. The van der Waals surface area contributed by atoms with Crippen LogP contribution in [0.5, 0.6) is 5.75 Å². The molecule has 4 aliphatic rings. The monoisotopic (exact) mass is 381 g/mol. The second kappa shape index (κ2) is 7.25. The van der Waals surface area contributed by atoms with Gasteiger partial charge in [-0.3, -0.25) is 0 Å². The molecule has 4 fully saturated rings. The molecular weight excluding hydrogens is 350 g/mol. The fraction of sp³-hybridized carbons (Fsp3) is 0.583. The lowest BCUT2D eigenvalue weighted by Crippen LogP contribution is -2.54. The van der Waals surface area contributed by atoms with Crippen molar-refractivity contribution < 1.29 is 4.74 Å². The maximum absolute atomic E-state index is 5.89. The molecule has 4 aliphatic carbocycles. The molecule has 4 bridgehead atoms. The number of hydrogen-bond donors (Lipinski definition) is 1. The summed E-state index contributed by atoms with van der Waals surface area (Å²) in [6.07, 6.45) is 9.00. The number of nitrogens with one attached hydrogen (secondary N) is 1. The van der Waals surface area contributed by atoms with Crippen LogP contribution in [-0.2, 0) is 13.2 Å². The zero-order valence-electron chi connectivity index (χ0n) is 16.3. The first-order chi connectivity index (χ1) is 13.2. The molecule has 144 valence electrons. The van der Waals surface area contributed by atoms with E-state index in [0.717, 1.165) is 30.0 Å². The number of benzene rings is 1. The molecule has 1 unspecified atom stereocenters. The summed E-state index contributed by atoms with van der Waals surface area (Å²) in [7, 11) is 0. The third-order valence-corrected chi connectivity index (χ3v) is 8.35. The van der Waals surface area contributed by atoms with Crippen molar-refractivity contribution in [2.75, 3.05) is 0 Å². The highest BCUT2D eigenvalue weighted by molar-refractivity contribution is 7.09. The largest absolute Gasteiger partial charge is 0.488 e. The van der Waals surface area contributed by atoms with Crippen LogP contribution in [0.25, 0.3) is 0 Å². The van der Waals surface area contributed by atoms with Crippen LogP contribution in [0.4, 0.5) is 0 Å². The number of rotatable bonds is 7. The fourth-order valence-electron chi connectivity index (χ4n) is 6.45. The average molecular weight is 382 g/mol. The second-order valence-corrected chi connectivity index (χ2v) is 10.4. The van der Waals surface area contributed by atoms with Gasteiger partial charge in [0.15, 0.2) is 0 Å². The Bertz CT molecular complexity index is 716. The van der Waals surface area contributed by atoms with Gasteiger partial charge in [-0.05, 0) is 97.8 Å². The lowest BCUT2D eigenvalue weighted by molar-refractivity contribution is -0.0706. The summed E-state index contributed by atoms with van der Waals surface area (Å²) in [6.45, 7) is 4.08. The first-order valence-corrected chi connectivity index (χ1v) is 11.5. The summed E-state index contributed by atoms with van der Waals surface area (Å²) in [5, 5.41) is 5.99. The molecule has 1 N–H and O–H groups in total. The Kier molecular flexibility index (Phi) is 4.77. The molecule has 0 radical (unpaired) electrons. The number of hydrogen-bond acceptors (Lipinski definition) is 3. The maximum atomic E-state index is 5.89. The minimum Gasteiger partial charge on any atom is -0.488 e. The van der Waals surface area contributed by atoms with Crippen LogP contribution < -0.4 is 10.1 Å². The first kappa shape index (κ1) is 17.8. The van der Waals surface area contributed by atoms with Gasteiger partial charge in [0.1, 0.15) is 12.4 Å². The van der Waals surface area contributed by atoms with E-state index in [9.17, 15) is 0 Å². The summed E-state index contributed by atoms with van der Waals surface area (Å²) in [5.41, 5.74) is 1.94. The van der Waals surface area contributed by atoms with Gasteiger partial charge in [0.2, 0.25) is 0 Å². The Labute approximate surface area is 167 Å². The third kappa shape index (κ3) is 3.69. The van der Waals surface area contributed by atoms with E-state index in [1.54, 1.807) is 11.3 Å². The molecule has 1 atom stereocenters. The lowest BCUT2D eigenvalue weighted by atomic mass is 9.48. The Morgan fingerprint density at radius 3 is 2.30 bits per heavy atom. The predicted molar refractivity (Wildman–Crippen MR) is 112 cm³/mol. The van der Waals surface area contributed by atoms with Gasteiger partial charge in [-0.25, -0.2) is 0 Å². The van der Waals surface area contributed by atoms with E-state index in [1.165, 1.54) is 49.0 Å². The van der Waals surface area contributed by atoms with Crippen LogP contribution in [0.1, 0.15) is 55.9 Å². The molecule has 27 heavy (non-hydrogen) atoms. The molecule has 2 nitrogen and oxygen atoms in total. The minimum atomic E-state index is 0.582. The van der Waals surface area contributed by atoms with Crippen LogP contribution in [0.2, 0.25) is 0 Å². The van der Waals surface area contributed by atoms with E-state index < -0.39 is 0 Å². The van der Waals surface area contributed by atoms with E-state index in [0.29, 0.717) is 18.1 Å². The van der Waals surface area contributed by atoms with Crippen molar-refractivity contribution in [3.63, 3.8) is 0 Å². The van der Waals surface area contributed by atoms with Gasteiger partial charge < -0.3 is 10.1 Å². The van der Waals surface area contributed by atoms with Crippen LogP contribution >= 0.6 is 11.3 Å². The summed E-state index contributed by atoms with van der Waals surface area (Å²) in [5.74, 6) is 4.04. The van der Waals surface area contributed by atoms with Crippen molar-refractivity contribution in [3.05, 3.63) is 52.2 Å². The molecule has 1 aromatic heterocycles. The van der Waals surface area contributed by atoms with Gasteiger partial charge in [0, 0.05) is 17.5 Å². The fourth-order valence-corrected chi connectivity index (χ4v) is 7.06. The van der Waals surface area contributed by atoms with Gasteiger partial charge >= 0.3 is 0 Å². The molecule has 0 spiro atoms. The summed E-state index contributed by atoms with van der Waals surface area (Å²) in [6, 6.07) is 13.5.